The van der Waals surface area contributed by atoms with Crippen molar-refractivity contribution in [3.63, 3.8) is 0 Å². The minimum Gasteiger partial charge on any atom is -0.0683 e. The van der Waals surface area contributed by atoms with Gasteiger partial charge in [-0.05, 0) is 6.92 Å². The van der Waals surface area contributed by atoms with Gasteiger partial charge in [-0.3, -0.25) is 0 Å². The number of benzene rings is 1. The van der Waals surface area contributed by atoms with Crippen molar-refractivity contribution in [3.05, 3.63) is 58.1 Å². The number of rotatable bonds is 33. The van der Waals surface area contributed by atoms with Crippen molar-refractivity contribution in [1.29, 1.82) is 0 Å². The number of unbranched alkanes of at least 4 members (excludes halogenated alkanes) is 14. The molecule has 0 amide bonds. The molecule has 0 saturated carbocycles. The average molecular weight is 926 g/mol. The number of thioether (sulfide) groups is 2. The quantitative estimate of drug-likeness (QED) is 0.0306. The normalized spacial score (nSPS) is 14.8. The molecule has 0 bridgehead atoms. The van der Waals surface area contributed by atoms with Crippen molar-refractivity contribution in [2.24, 2.45) is 11.8 Å². The van der Waals surface area contributed by atoms with Gasteiger partial charge in [-0.1, -0.05) is 177 Å². The van der Waals surface area contributed by atoms with Crippen LogP contribution >= 0.6 is 23.5 Å². The Bertz CT molecular complexity index is 1430. The monoisotopic (exact) mass is 925 g/mol. The van der Waals surface area contributed by atoms with E-state index in [-0.39, 0.29) is 0 Å². The van der Waals surface area contributed by atoms with Crippen molar-refractivity contribution >= 4 is 39.7 Å². The third-order valence-corrected chi connectivity index (χ3v) is 15.3. The van der Waals surface area contributed by atoms with Crippen LogP contribution < -0.4 is 0 Å². The number of fused-ring (bicyclic) bond motifs is 1. The second-order valence-electron chi connectivity index (χ2n) is 17.3. The summed E-state index contributed by atoms with van der Waals surface area (Å²) in [6.07, 6.45) is 43.7. The van der Waals surface area contributed by atoms with E-state index in [1.54, 1.807) is 26.5 Å². The molecule has 58 heavy (non-hydrogen) atoms. The molecule has 0 radical (unpaired) electrons. The van der Waals surface area contributed by atoms with Crippen LogP contribution in [0.5, 0.6) is 0 Å². The van der Waals surface area contributed by atoms with Gasteiger partial charge < -0.3 is 0 Å². The predicted molar refractivity (Wildman–Crippen MR) is 263 cm³/mol. The fourth-order valence-electron chi connectivity index (χ4n) is 8.94. The molecule has 1 nitrogen and oxygen atoms in total. The molecule has 0 saturated heterocycles. The van der Waals surface area contributed by atoms with Gasteiger partial charge >= 0.3 is 199 Å². The molecule has 1 aromatic carbocycles. The summed E-state index contributed by atoms with van der Waals surface area (Å²) in [5, 5.41) is 0.481. The first kappa shape index (κ1) is 53.3. The van der Waals surface area contributed by atoms with Gasteiger partial charge in [-0.2, -0.15) is 0 Å². The summed E-state index contributed by atoms with van der Waals surface area (Å²) in [6, 6.07) is 4.23. The zero-order valence-corrected chi connectivity index (χ0v) is 42.6. The van der Waals surface area contributed by atoms with Crippen LogP contribution in [-0.2, 0) is 38.0 Å². The molecule has 1 aromatic heterocycles. The van der Waals surface area contributed by atoms with Crippen molar-refractivity contribution in [2.45, 2.75) is 244 Å². The Morgan fingerprint density at radius 1 is 0.707 bits per heavy atom. The zero-order valence-electron chi connectivity index (χ0n) is 39.4. The first-order valence-corrected chi connectivity index (χ1v) is 27.5. The van der Waals surface area contributed by atoms with Crippen molar-refractivity contribution in [1.82, 2.24) is 0 Å². The first-order valence-electron chi connectivity index (χ1n) is 24.6. The van der Waals surface area contributed by atoms with E-state index in [2.05, 4.69) is 109 Å². The Hall–Kier alpha value is -0.788. The van der Waals surface area contributed by atoms with Crippen LogP contribution in [0.3, 0.4) is 0 Å². The standard InChI is InChI=1S/C52H84OS2.C2H6.Pd/c1-9-14-18-20-22-26-30-42(28-24-16-11-3)32-37-47-46(39-36-45-35-34-44(13-5)53-45)51(54-8)48(49-40-50(41(6)7)55-52(47)49)38-33-43(29-25-17-12-4)31-27-23-21-19-15-10-2;1-2;/h34-36,39,42-43,50H,6,9-12,14-33,37-38,40H2,1-5,7-8H3;1-2H3;/b39-36+;;. The number of hydrogen-bond donors (Lipinski definition) is 0. The molecule has 3 rings (SSSR count). The van der Waals surface area contributed by atoms with E-state index < -0.39 is 0 Å². The van der Waals surface area contributed by atoms with Gasteiger partial charge in [0.15, 0.2) is 0 Å². The molecule has 334 valence electrons. The van der Waals surface area contributed by atoms with Gasteiger partial charge in [0.2, 0.25) is 0 Å². The number of furan rings is 1. The third-order valence-electron chi connectivity index (χ3n) is 12.5. The van der Waals surface area contributed by atoms with E-state index >= 15 is 0 Å². The van der Waals surface area contributed by atoms with Crippen molar-refractivity contribution < 1.29 is 23.2 Å². The first-order chi connectivity index (χ1) is 28.3. The SMILES string of the molecule is C=C(C)C1Cc2c(CCC(CCCCC)CCCCCCCC)c(SC)c(/C=C/c3ccc([C](C)=[Pd])o3)c(CCC(CCCCC)CCCCCCCC)c2S1.CC. The summed E-state index contributed by atoms with van der Waals surface area (Å²) in [6.45, 7) is 22.2. The Morgan fingerprint density at radius 2 is 1.17 bits per heavy atom. The Labute approximate surface area is 380 Å². The predicted octanol–water partition coefficient (Wildman–Crippen LogP) is 18.6. The molecule has 1 aliphatic heterocycles. The maximum absolute atomic E-state index is 6.29. The maximum Gasteiger partial charge on any atom is -0.0683 e. The minimum atomic E-state index is 0.481. The summed E-state index contributed by atoms with van der Waals surface area (Å²) in [7, 11) is 0. The minimum absolute atomic E-state index is 0.481. The van der Waals surface area contributed by atoms with Gasteiger partial charge in [0.1, 0.15) is 0 Å². The summed E-state index contributed by atoms with van der Waals surface area (Å²) in [4.78, 5) is 3.16. The Balaban J connectivity index is 0.00000571. The van der Waals surface area contributed by atoms with E-state index in [4.69, 9.17) is 4.42 Å². The molecular weight excluding hydrogens is 835 g/mol. The van der Waals surface area contributed by atoms with Crippen LogP contribution in [0.25, 0.3) is 12.2 Å². The van der Waals surface area contributed by atoms with Crippen LogP contribution in [-0.4, -0.2) is 15.5 Å². The van der Waals surface area contributed by atoms with E-state index in [1.165, 1.54) is 178 Å². The molecule has 0 N–H and O–H groups in total. The molecule has 2 aromatic rings. The van der Waals surface area contributed by atoms with E-state index in [0.29, 0.717) is 5.25 Å². The van der Waals surface area contributed by atoms with Crippen molar-refractivity contribution in [3.8, 4) is 0 Å². The molecular formula is C54H90OPdS2. The molecule has 2 heterocycles. The van der Waals surface area contributed by atoms with Gasteiger partial charge in [0, 0.05) is 0 Å². The summed E-state index contributed by atoms with van der Waals surface area (Å²) in [5.74, 6) is 3.52. The molecule has 0 aliphatic carbocycles. The van der Waals surface area contributed by atoms with E-state index in [0.717, 1.165) is 33.8 Å². The molecule has 1 aliphatic rings. The molecule has 0 spiro atoms. The Morgan fingerprint density at radius 3 is 1.64 bits per heavy atom. The maximum atomic E-state index is 6.29. The van der Waals surface area contributed by atoms with Crippen LogP contribution in [0.2, 0.25) is 0 Å². The second kappa shape index (κ2) is 32.9. The smallest absolute Gasteiger partial charge is 0.0683 e. The van der Waals surface area contributed by atoms with Crippen LogP contribution in [0.4, 0.5) is 0 Å². The summed E-state index contributed by atoms with van der Waals surface area (Å²) >= 11 is 7.50. The van der Waals surface area contributed by atoms with Gasteiger partial charge in [0.05, 0.1) is 0 Å². The van der Waals surface area contributed by atoms with Crippen LogP contribution in [0, 0.1) is 11.8 Å². The average Bonchev–Trinajstić information content (AvgIpc) is 3.90. The van der Waals surface area contributed by atoms with Crippen LogP contribution in [0.15, 0.2) is 38.5 Å². The Kier molecular flexibility index (Phi) is 30.2. The molecule has 3 unspecified atom stereocenters. The second-order valence-corrected chi connectivity index (χ2v) is 20.5. The van der Waals surface area contributed by atoms with Crippen molar-refractivity contribution in [2.75, 3.05) is 6.26 Å². The fraction of sp³-hybridized carbons (Fsp3) is 0.722. The number of hydrogen-bond acceptors (Lipinski definition) is 3. The fourth-order valence-corrected chi connectivity index (χ4v) is 11.5. The van der Waals surface area contributed by atoms with Gasteiger partial charge in [0.25, 0.3) is 0 Å². The van der Waals surface area contributed by atoms with Gasteiger partial charge in [-0.15, -0.1) is 0 Å². The largest absolute Gasteiger partial charge is 0.0683 e. The molecule has 0 fully saturated rings. The molecule has 4 heteroatoms. The zero-order chi connectivity index (χ0) is 42.5. The summed E-state index contributed by atoms with van der Waals surface area (Å²) in [5.41, 5.74) is 7.76. The molecule has 3 atom stereocenters. The van der Waals surface area contributed by atoms with E-state index in [1.807, 2.05) is 25.6 Å². The van der Waals surface area contributed by atoms with Crippen LogP contribution in [0.1, 0.15) is 243 Å². The topological polar surface area (TPSA) is 13.1 Å². The van der Waals surface area contributed by atoms with Gasteiger partial charge in [-0.25, -0.2) is 0 Å². The third kappa shape index (κ3) is 19.5. The summed E-state index contributed by atoms with van der Waals surface area (Å²) < 4.78 is 7.37. The van der Waals surface area contributed by atoms with E-state index in [9.17, 15) is 0 Å².